The Morgan fingerprint density at radius 3 is 2.82 bits per heavy atom. The van der Waals surface area contributed by atoms with E-state index in [1.807, 2.05) is 5.38 Å². The number of carboxylic acids is 1. The van der Waals surface area contributed by atoms with Crippen LogP contribution in [0.5, 0.6) is 0 Å². The number of aliphatic carboxylic acids is 1. The highest BCUT2D eigenvalue weighted by Gasteiger charge is 2.41. The molecule has 0 aromatic carbocycles. The summed E-state index contributed by atoms with van der Waals surface area (Å²) in [5, 5.41) is 15.4. The Morgan fingerprint density at radius 2 is 2.29 bits per heavy atom. The molecule has 2 rings (SSSR count). The SMILES string of the molecule is CCc1csc(NCC2(C(=O)O)CCCC2)n1. The molecule has 0 aliphatic heterocycles. The summed E-state index contributed by atoms with van der Waals surface area (Å²) in [6.45, 7) is 2.56. The Hall–Kier alpha value is -1.10. The van der Waals surface area contributed by atoms with Gasteiger partial charge in [0.1, 0.15) is 0 Å². The van der Waals surface area contributed by atoms with E-state index in [1.54, 1.807) is 11.3 Å². The summed E-state index contributed by atoms with van der Waals surface area (Å²) in [4.78, 5) is 15.7. The summed E-state index contributed by atoms with van der Waals surface area (Å²) in [6, 6.07) is 0. The molecule has 2 N–H and O–H groups in total. The average molecular weight is 254 g/mol. The number of aryl methyl sites for hydroxylation is 1. The number of anilines is 1. The van der Waals surface area contributed by atoms with Crippen molar-refractivity contribution >= 4 is 22.4 Å². The molecule has 0 saturated heterocycles. The summed E-state index contributed by atoms with van der Waals surface area (Å²) < 4.78 is 0. The van der Waals surface area contributed by atoms with Gasteiger partial charge in [-0.05, 0) is 19.3 Å². The summed E-state index contributed by atoms with van der Waals surface area (Å²) in [5.41, 5.74) is 0.492. The smallest absolute Gasteiger partial charge is 0.311 e. The first-order valence-electron chi connectivity index (χ1n) is 6.08. The van der Waals surface area contributed by atoms with E-state index in [4.69, 9.17) is 0 Å². The highest BCUT2D eigenvalue weighted by Crippen LogP contribution is 2.38. The van der Waals surface area contributed by atoms with Crippen LogP contribution in [0.2, 0.25) is 0 Å². The topological polar surface area (TPSA) is 62.2 Å². The Morgan fingerprint density at radius 1 is 1.59 bits per heavy atom. The lowest BCUT2D eigenvalue weighted by molar-refractivity contribution is -0.147. The van der Waals surface area contributed by atoms with Gasteiger partial charge < -0.3 is 10.4 Å². The highest BCUT2D eigenvalue weighted by atomic mass is 32.1. The molecule has 5 heteroatoms. The summed E-state index contributed by atoms with van der Waals surface area (Å²) in [6.07, 6.45) is 4.52. The number of carbonyl (C=O) groups is 1. The van der Waals surface area contributed by atoms with Crippen molar-refractivity contribution in [3.05, 3.63) is 11.1 Å². The fourth-order valence-electron chi connectivity index (χ4n) is 2.31. The van der Waals surface area contributed by atoms with Crippen molar-refractivity contribution in [2.45, 2.75) is 39.0 Å². The number of hydrogen-bond donors (Lipinski definition) is 2. The van der Waals surface area contributed by atoms with Crippen molar-refractivity contribution in [3.63, 3.8) is 0 Å². The minimum absolute atomic E-state index is 0.499. The zero-order valence-electron chi connectivity index (χ0n) is 10.0. The third-order valence-corrected chi connectivity index (χ3v) is 4.36. The van der Waals surface area contributed by atoms with E-state index < -0.39 is 11.4 Å². The van der Waals surface area contributed by atoms with Crippen molar-refractivity contribution in [3.8, 4) is 0 Å². The van der Waals surface area contributed by atoms with Gasteiger partial charge in [0.05, 0.1) is 11.1 Å². The van der Waals surface area contributed by atoms with Gasteiger partial charge in [-0.15, -0.1) is 11.3 Å². The van der Waals surface area contributed by atoms with Gasteiger partial charge in [0.15, 0.2) is 5.13 Å². The lowest BCUT2D eigenvalue weighted by atomic mass is 9.86. The van der Waals surface area contributed by atoms with Crippen LogP contribution >= 0.6 is 11.3 Å². The van der Waals surface area contributed by atoms with E-state index in [0.29, 0.717) is 6.54 Å². The normalized spacial score (nSPS) is 18.2. The molecule has 94 valence electrons. The number of carboxylic acid groups (broad SMARTS) is 1. The van der Waals surface area contributed by atoms with Crippen LogP contribution in [0.4, 0.5) is 5.13 Å². The molecule has 0 spiro atoms. The number of aromatic nitrogens is 1. The van der Waals surface area contributed by atoms with Gasteiger partial charge >= 0.3 is 5.97 Å². The van der Waals surface area contributed by atoms with Crippen molar-refractivity contribution in [2.24, 2.45) is 5.41 Å². The minimum Gasteiger partial charge on any atom is -0.481 e. The van der Waals surface area contributed by atoms with Gasteiger partial charge in [-0.1, -0.05) is 19.8 Å². The third kappa shape index (κ3) is 2.60. The van der Waals surface area contributed by atoms with Crippen LogP contribution in [0.15, 0.2) is 5.38 Å². The molecule has 0 bridgehead atoms. The van der Waals surface area contributed by atoms with E-state index in [9.17, 15) is 9.90 Å². The fraction of sp³-hybridized carbons (Fsp3) is 0.667. The molecule has 0 radical (unpaired) electrons. The van der Waals surface area contributed by atoms with E-state index in [1.165, 1.54) is 0 Å². The average Bonchev–Trinajstić information content (AvgIpc) is 2.96. The molecule has 17 heavy (non-hydrogen) atoms. The fourth-order valence-corrected chi connectivity index (χ4v) is 3.11. The zero-order valence-corrected chi connectivity index (χ0v) is 10.8. The van der Waals surface area contributed by atoms with Crippen LogP contribution in [0.25, 0.3) is 0 Å². The molecule has 1 fully saturated rings. The van der Waals surface area contributed by atoms with Gasteiger partial charge in [0.25, 0.3) is 0 Å². The van der Waals surface area contributed by atoms with Crippen LogP contribution in [-0.4, -0.2) is 22.6 Å². The Bertz CT molecular complexity index is 397. The molecule has 4 nitrogen and oxygen atoms in total. The maximum absolute atomic E-state index is 11.3. The van der Waals surface area contributed by atoms with Crippen LogP contribution in [0, 0.1) is 5.41 Å². The third-order valence-electron chi connectivity index (χ3n) is 3.51. The first-order chi connectivity index (χ1) is 8.16. The first-order valence-corrected chi connectivity index (χ1v) is 6.96. The monoisotopic (exact) mass is 254 g/mol. The molecular formula is C12H18N2O2S. The molecule has 1 saturated carbocycles. The van der Waals surface area contributed by atoms with Crippen LogP contribution in [-0.2, 0) is 11.2 Å². The molecule has 0 atom stereocenters. The lowest BCUT2D eigenvalue weighted by Gasteiger charge is -2.23. The number of nitrogens with zero attached hydrogens (tertiary/aromatic N) is 1. The number of nitrogens with one attached hydrogen (secondary N) is 1. The van der Waals surface area contributed by atoms with Gasteiger partial charge in [0.2, 0.25) is 0 Å². The second-order valence-electron chi connectivity index (χ2n) is 4.64. The summed E-state index contributed by atoms with van der Waals surface area (Å²) in [5.74, 6) is -0.672. The molecule has 1 aromatic heterocycles. The Kier molecular flexibility index (Phi) is 3.66. The minimum atomic E-state index is -0.672. The molecule has 1 heterocycles. The quantitative estimate of drug-likeness (QED) is 0.848. The highest BCUT2D eigenvalue weighted by molar-refractivity contribution is 7.13. The van der Waals surface area contributed by atoms with Gasteiger partial charge in [-0.2, -0.15) is 0 Å². The first kappa shape index (κ1) is 12.4. The van der Waals surface area contributed by atoms with E-state index in [-0.39, 0.29) is 0 Å². The van der Waals surface area contributed by atoms with Crippen molar-refractivity contribution in [1.29, 1.82) is 0 Å². The van der Waals surface area contributed by atoms with E-state index >= 15 is 0 Å². The molecule has 1 aromatic rings. The second kappa shape index (κ2) is 5.04. The van der Waals surface area contributed by atoms with E-state index in [2.05, 4.69) is 17.2 Å². The predicted molar refractivity (Wildman–Crippen MR) is 68.5 cm³/mol. The predicted octanol–water partition coefficient (Wildman–Crippen LogP) is 2.76. The number of hydrogen-bond acceptors (Lipinski definition) is 4. The van der Waals surface area contributed by atoms with Crippen molar-refractivity contribution in [1.82, 2.24) is 4.98 Å². The van der Waals surface area contributed by atoms with Gasteiger partial charge in [-0.3, -0.25) is 4.79 Å². The summed E-state index contributed by atoms with van der Waals surface area (Å²) >= 11 is 1.55. The second-order valence-corrected chi connectivity index (χ2v) is 5.50. The van der Waals surface area contributed by atoms with Crippen LogP contribution in [0.3, 0.4) is 0 Å². The maximum atomic E-state index is 11.3. The van der Waals surface area contributed by atoms with Crippen molar-refractivity contribution < 1.29 is 9.90 Å². The standard InChI is InChI=1S/C12H18N2O2S/c1-2-9-7-17-11(14-9)13-8-12(10(15)16)5-3-4-6-12/h7H,2-6,8H2,1H3,(H,13,14)(H,15,16). The van der Waals surface area contributed by atoms with Crippen LogP contribution < -0.4 is 5.32 Å². The number of thiazole rings is 1. The molecule has 0 amide bonds. The zero-order chi connectivity index (χ0) is 12.3. The van der Waals surface area contributed by atoms with Gasteiger partial charge in [-0.25, -0.2) is 4.98 Å². The van der Waals surface area contributed by atoms with E-state index in [0.717, 1.165) is 42.9 Å². The van der Waals surface area contributed by atoms with Crippen LogP contribution in [0.1, 0.15) is 38.3 Å². The molecule has 1 aliphatic rings. The summed E-state index contributed by atoms with van der Waals surface area (Å²) in [7, 11) is 0. The van der Waals surface area contributed by atoms with Crippen molar-refractivity contribution in [2.75, 3.05) is 11.9 Å². The Labute approximate surface area is 105 Å². The maximum Gasteiger partial charge on any atom is 0.311 e. The lowest BCUT2D eigenvalue weighted by Crippen LogP contribution is -2.35. The van der Waals surface area contributed by atoms with Gasteiger partial charge in [0, 0.05) is 11.9 Å². The number of rotatable bonds is 5. The molecule has 0 unspecified atom stereocenters. The Balaban J connectivity index is 1.98. The molecular weight excluding hydrogens is 236 g/mol. The molecule has 1 aliphatic carbocycles. The largest absolute Gasteiger partial charge is 0.481 e.